The van der Waals surface area contributed by atoms with Gasteiger partial charge in [0, 0.05) is 37.0 Å². The first-order valence-corrected chi connectivity index (χ1v) is 12.0. The zero-order chi connectivity index (χ0) is 22.6. The Morgan fingerprint density at radius 2 is 1.59 bits per heavy atom. The lowest BCUT2D eigenvalue weighted by Crippen LogP contribution is -2.40. The summed E-state index contributed by atoms with van der Waals surface area (Å²) < 4.78 is 43.4. The molecule has 0 bridgehead atoms. The van der Waals surface area contributed by atoms with Crippen LogP contribution in [0.5, 0.6) is 11.5 Å². The Kier molecular flexibility index (Phi) is 6.83. The summed E-state index contributed by atoms with van der Waals surface area (Å²) in [4.78, 5) is 12.8. The molecule has 0 radical (unpaired) electrons. The van der Waals surface area contributed by atoms with Crippen LogP contribution in [0.1, 0.15) is 13.3 Å². The van der Waals surface area contributed by atoms with Gasteiger partial charge in [-0.15, -0.1) is 0 Å². The van der Waals surface area contributed by atoms with Crippen LogP contribution in [0, 0.1) is 0 Å². The van der Waals surface area contributed by atoms with E-state index in [1.165, 1.54) is 16.4 Å². The highest BCUT2D eigenvalue weighted by molar-refractivity contribution is 7.89. The van der Waals surface area contributed by atoms with Crippen LogP contribution in [0.2, 0.25) is 0 Å². The van der Waals surface area contributed by atoms with E-state index in [-0.39, 0.29) is 10.8 Å². The molecule has 0 spiro atoms. The van der Waals surface area contributed by atoms with Gasteiger partial charge in [-0.3, -0.25) is 4.79 Å². The second kappa shape index (κ2) is 9.76. The molecule has 32 heavy (non-hydrogen) atoms. The summed E-state index contributed by atoms with van der Waals surface area (Å²) in [6.45, 7) is 4.40. The molecule has 0 saturated carbocycles. The van der Waals surface area contributed by atoms with E-state index in [9.17, 15) is 13.2 Å². The molecule has 2 aromatic carbocycles. The molecule has 9 nitrogen and oxygen atoms in total. The number of nitrogens with zero attached hydrogens (tertiary/aromatic N) is 1. The number of rotatable bonds is 6. The Balaban J connectivity index is 1.37. The molecular weight excluding hydrogens is 434 g/mol. The maximum atomic E-state index is 12.7. The molecule has 2 heterocycles. The van der Waals surface area contributed by atoms with Gasteiger partial charge in [0.05, 0.1) is 31.3 Å². The lowest BCUT2D eigenvalue weighted by Gasteiger charge is -2.26. The Bertz CT molecular complexity index is 1050. The molecule has 2 N–H and O–H groups in total. The van der Waals surface area contributed by atoms with Gasteiger partial charge in [-0.25, -0.2) is 8.42 Å². The smallest absolute Gasteiger partial charge is 0.246 e. The summed E-state index contributed by atoms with van der Waals surface area (Å²) in [6, 6.07) is 11.1. The molecule has 172 valence electrons. The number of carbonyl (C=O) groups excluding carboxylic acids is 1. The van der Waals surface area contributed by atoms with E-state index in [1.54, 1.807) is 19.1 Å². The number of amides is 1. The molecule has 2 aromatic rings. The molecule has 1 saturated heterocycles. The summed E-state index contributed by atoms with van der Waals surface area (Å²) in [5.41, 5.74) is 1.26. The second-order valence-corrected chi connectivity index (χ2v) is 9.55. The third-order valence-corrected chi connectivity index (χ3v) is 7.17. The van der Waals surface area contributed by atoms with Crippen LogP contribution >= 0.6 is 0 Å². The fourth-order valence-corrected chi connectivity index (χ4v) is 4.87. The summed E-state index contributed by atoms with van der Waals surface area (Å²) in [7, 11) is -3.57. The Labute approximate surface area is 187 Å². The molecule has 0 unspecified atom stereocenters. The van der Waals surface area contributed by atoms with Crippen LogP contribution in [-0.4, -0.2) is 64.2 Å². The zero-order valence-corrected chi connectivity index (χ0v) is 18.7. The number of hydrogen-bond donors (Lipinski definition) is 2. The fraction of sp³-hybridized carbons (Fsp3) is 0.409. The minimum Gasteiger partial charge on any atom is -0.490 e. The molecule has 10 heteroatoms. The maximum Gasteiger partial charge on any atom is 0.246 e. The van der Waals surface area contributed by atoms with Gasteiger partial charge in [0.15, 0.2) is 11.5 Å². The van der Waals surface area contributed by atoms with Crippen molar-refractivity contribution < 1.29 is 27.4 Å². The summed E-state index contributed by atoms with van der Waals surface area (Å²) in [5.74, 6) is 1.09. The van der Waals surface area contributed by atoms with Crippen LogP contribution in [-0.2, 0) is 19.6 Å². The number of benzene rings is 2. The first-order valence-electron chi connectivity index (χ1n) is 10.6. The van der Waals surface area contributed by atoms with E-state index in [0.29, 0.717) is 56.7 Å². The molecule has 4 rings (SSSR count). The van der Waals surface area contributed by atoms with Gasteiger partial charge in [-0.1, -0.05) is 0 Å². The van der Waals surface area contributed by atoms with E-state index in [4.69, 9.17) is 14.2 Å². The molecule has 2 aliphatic heterocycles. The van der Waals surface area contributed by atoms with E-state index < -0.39 is 16.1 Å². The van der Waals surface area contributed by atoms with Gasteiger partial charge in [0.25, 0.3) is 0 Å². The number of morpholine rings is 1. The third-order valence-electron chi connectivity index (χ3n) is 5.25. The van der Waals surface area contributed by atoms with Gasteiger partial charge in [-0.2, -0.15) is 4.31 Å². The predicted octanol–water partition coefficient (Wildman–Crippen LogP) is 2.31. The van der Waals surface area contributed by atoms with E-state index in [2.05, 4.69) is 10.6 Å². The first kappa shape index (κ1) is 22.4. The normalized spacial score (nSPS) is 17.8. The highest BCUT2D eigenvalue weighted by Crippen LogP contribution is 2.32. The number of carbonyl (C=O) groups is 1. The number of ether oxygens (including phenoxy) is 3. The van der Waals surface area contributed by atoms with Gasteiger partial charge < -0.3 is 24.8 Å². The molecule has 2 aliphatic rings. The molecular formula is C22H27N3O6S. The van der Waals surface area contributed by atoms with Crippen LogP contribution < -0.4 is 20.1 Å². The number of anilines is 2. The van der Waals surface area contributed by atoms with Crippen molar-refractivity contribution in [3.63, 3.8) is 0 Å². The predicted molar refractivity (Wildman–Crippen MR) is 120 cm³/mol. The van der Waals surface area contributed by atoms with Gasteiger partial charge >= 0.3 is 0 Å². The molecule has 1 fully saturated rings. The van der Waals surface area contributed by atoms with Crippen molar-refractivity contribution in [1.29, 1.82) is 0 Å². The van der Waals surface area contributed by atoms with Crippen molar-refractivity contribution in [2.24, 2.45) is 0 Å². The van der Waals surface area contributed by atoms with E-state index in [0.717, 1.165) is 12.1 Å². The number of nitrogens with one attached hydrogen (secondary N) is 2. The quantitative estimate of drug-likeness (QED) is 0.680. The van der Waals surface area contributed by atoms with Crippen molar-refractivity contribution in [2.75, 3.05) is 50.2 Å². The Morgan fingerprint density at radius 1 is 0.938 bits per heavy atom. The standard InChI is InChI=1S/C22H27N3O6S/c1-16(23-18-5-8-20-21(15-18)31-12-2-11-30-20)22(26)24-17-3-6-19(7-4-17)32(27,28)25-9-13-29-14-10-25/h3-8,15-16,23H,2,9-14H2,1H3,(H,24,26)/t16-/m0/s1. The van der Waals surface area contributed by atoms with Crippen LogP contribution in [0.4, 0.5) is 11.4 Å². The van der Waals surface area contributed by atoms with Crippen molar-refractivity contribution in [3.05, 3.63) is 42.5 Å². The van der Waals surface area contributed by atoms with E-state index >= 15 is 0 Å². The van der Waals surface area contributed by atoms with Gasteiger partial charge in [0.1, 0.15) is 6.04 Å². The average molecular weight is 462 g/mol. The maximum absolute atomic E-state index is 12.7. The molecule has 1 amide bonds. The Morgan fingerprint density at radius 3 is 2.31 bits per heavy atom. The second-order valence-electron chi connectivity index (χ2n) is 7.61. The number of hydrogen-bond acceptors (Lipinski definition) is 7. The van der Waals surface area contributed by atoms with Crippen molar-refractivity contribution >= 4 is 27.3 Å². The van der Waals surface area contributed by atoms with E-state index in [1.807, 2.05) is 18.2 Å². The van der Waals surface area contributed by atoms with Crippen molar-refractivity contribution in [3.8, 4) is 11.5 Å². The summed E-state index contributed by atoms with van der Waals surface area (Å²) in [6.07, 6.45) is 0.822. The first-order chi connectivity index (χ1) is 15.4. The number of sulfonamides is 1. The highest BCUT2D eigenvalue weighted by atomic mass is 32.2. The van der Waals surface area contributed by atoms with Crippen LogP contribution in [0.15, 0.2) is 47.4 Å². The minimum atomic E-state index is -3.57. The third kappa shape index (κ3) is 5.14. The molecule has 1 atom stereocenters. The number of fused-ring (bicyclic) bond motifs is 1. The van der Waals surface area contributed by atoms with Crippen LogP contribution in [0.3, 0.4) is 0 Å². The van der Waals surface area contributed by atoms with Crippen LogP contribution in [0.25, 0.3) is 0 Å². The highest BCUT2D eigenvalue weighted by Gasteiger charge is 2.26. The summed E-state index contributed by atoms with van der Waals surface area (Å²) >= 11 is 0. The topological polar surface area (TPSA) is 106 Å². The monoisotopic (exact) mass is 461 g/mol. The fourth-order valence-electron chi connectivity index (χ4n) is 3.47. The molecule has 0 aliphatic carbocycles. The largest absolute Gasteiger partial charge is 0.490 e. The average Bonchev–Trinajstić information content (AvgIpc) is 3.05. The molecule has 0 aromatic heterocycles. The van der Waals surface area contributed by atoms with Crippen molar-refractivity contribution in [1.82, 2.24) is 4.31 Å². The van der Waals surface area contributed by atoms with Crippen molar-refractivity contribution in [2.45, 2.75) is 24.3 Å². The Hall–Kier alpha value is -2.82. The lowest BCUT2D eigenvalue weighted by atomic mass is 10.2. The van der Waals surface area contributed by atoms with Gasteiger partial charge in [0.2, 0.25) is 15.9 Å². The zero-order valence-electron chi connectivity index (χ0n) is 17.9. The lowest BCUT2D eigenvalue weighted by molar-refractivity contribution is -0.116. The van der Waals surface area contributed by atoms with Gasteiger partial charge in [-0.05, 0) is 43.3 Å². The summed E-state index contributed by atoms with van der Waals surface area (Å²) in [5, 5.41) is 5.96. The SMILES string of the molecule is C[C@H](Nc1ccc2c(c1)OCCCO2)C(=O)Nc1ccc(S(=O)(=O)N2CCOCC2)cc1. The minimum absolute atomic E-state index is 0.191.